The van der Waals surface area contributed by atoms with Gasteiger partial charge in [0.15, 0.2) is 5.78 Å². The van der Waals surface area contributed by atoms with Crippen LogP contribution < -0.4 is 10.1 Å². The molecule has 0 aromatic heterocycles. The summed E-state index contributed by atoms with van der Waals surface area (Å²) in [6.07, 6.45) is 0. The predicted octanol–water partition coefficient (Wildman–Crippen LogP) is 3.36. The Kier molecular flexibility index (Phi) is 5.12. The average Bonchev–Trinajstić information content (AvgIpc) is 2.52. The van der Waals surface area contributed by atoms with Crippen LogP contribution in [0, 0.1) is 6.92 Å². The molecule has 0 spiro atoms. The molecule has 0 bridgehead atoms. The molecule has 3 heteroatoms. The molecule has 0 fully saturated rings. The minimum absolute atomic E-state index is 0.0942. The van der Waals surface area contributed by atoms with Crippen molar-refractivity contribution >= 4 is 5.78 Å². The normalized spacial score (nSPS) is 12.0. The van der Waals surface area contributed by atoms with E-state index in [1.54, 1.807) is 7.11 Å². The molecule has 21 heavy (non-hydrogen) atoms. The van der Waals surface area contributed by atoms with Crippen LogP contribution in [0.15, 0.2) is 48.5 Å². The maximum Gasteiger partial charge on any atom is 0.179 e. The number of carbonyl (C=O) groups is 1. The van der Waals surface area contributed by atoms with Gasteiger partial charge in [-0.05, 0) is 43.2 Å². The highest BCUT2D eigenvalue weighted by Gasteiger charge is 2.15. The van der Waals surface area contributed by atoms with Crippen molar-refractivity contribution in [2.75, 3.05) is 7.11 Å². The van der Waals surface area contributed by atoms with Gasteiger partial charge in [0, 0.05) is 12.1 Å². The second-order valence-corrected chi connectivity index (χ2v) is 5.14. The van der Waals surface area contributed by atoms with E-state index in [4.69, 9.17) is 4.74 Å². The Morgan fingerprint density at radius 2 is 1.90 bits per heavy atom. The summed E-state index contributed by atoms with van der Waals surface area (Å²) >= 11 is 0. The molecule has 0 saturated heterocycles. The van der Waals surface area contributed by atoms with Crippen LogP contribution in [-0.2, 0) is 6.54 Å². The fourth-order valence-electron chi connectivity index (χ4n) is 2.24. The van der Waals surface area contributed by atoms with Crippen molar-refractivity contribution in [3.8, 4) is 5.75 Å². The first-order chi connectivity index (χ1) is 10.1. The lowest BCUT2D eigenvalue weighted by Crippen LogP contribution is -2.33. The van der Waals surface area contributed by atoms with Crippen molar-refractivity contribution in [1.29, 1.82) is 0 Å². The zero-order valence-corrected chi connectivity index (χ0v) is 12.7. The van der Waals surface area contributed by atoms with Gasteiger partial charge >= 0.3 is 0 Å². The van der Waals surface area contributed by atoms with Crippen molar-refractivity contribution in [3.63, 3.8) is 0 Å². The van der Waals surface area contributed by atoms with Gasteiger partial charge in [-0.1, -0.05) is 30.3 Å². The molecular formula is C18H21NO2. The molecule has 0 saturated carbocycles. The Bertz CT molecular complexity index is 608. The molecule has 1 atom stereocenters. The summed E-state index contributed by atoms with van der Waals surface area (Å²) in [6.45, 7) is 4.52. The molecule has 2 aromatic carbocycles. The third-order valence-electron chi connectivity index (χ3n) is 3.53. The first-order valence-corrected chi connectivity index (χ1v) is 7.08. The summed E-state index contributed by atoms with van der Waals surface area (Å²) in [4.78, 5) is 12.4. The second-order valence-electron chi connectivity index (χ2n) is 5.14. The molecular weight excluding hydrogens is 262 g/mol. The summed E-state index contributed by atoms with van der Waals surface area (Å²) in [5.74, 6) is 0.896. The first-order valence-electron chi connectivity index (χ1n) is 7.08. The molecule has 0 aliphatic carbocycles. The SMILES string of the molecule is COc1ccc(C(=O)C(C)NCc2ccccc2)cc1C. The second kappa shape index (κ2) is 7.04. The highest BCUT2D eigenvalue weighted by atomic mass is 16.5. The van der Waals surface area contributed by atoms with E-state index in [1.165, 1.54) is 5.56 Å². The number of hydrogen-bond donors (Lipinski definition) is 1. The molecule has 0 radical (unpaired) electrons. The molecule has 3 nitrogen and oxygen atoms in total. The Morgan fingerprint density at radius 1 is 1.19 bits per heavy atom. The number of Topliss-reactive ketones (excluding diaryl/α,β-unsaturated/α-hetero) is 1. The number of ketones is 1. The van der Waals surface area contributed by atoms with Gasteiger partial charge in [-0.3, -0.25) is 4.79 Å². The third-order valence-corrected chi connectivity index (χ3v) is 3.53. The largest absolute Gasteiger partial charge is 0.496 e. The van der Waals surface area contributed by atoms with Crippen LogP contribution in [0.4, 0.5) is 0 Å². The van der Waals surface area contributed by atoms with E-state index in [1.807, 2.05) is 62.4 Å². The number of carbonyl (C=O) groups excluding carboxylic acids is 1. The lowest BCUT2D eigenvalue weighted by atomic mass is 10.0. The Hall–Kier alpha value is -2.13. The fourth-order valence-corrected chi connectivity index (χ4v) is 2.24. The molecule has 2 rings (SSSR count). The molecule has 1 unspecified atom stereocenters. The van der Waals surface area contributed by atoms with E-state index in [0.717, 1.165) is 11.3 Å². The molecule has 0 aliphatic rings. The van der Waals surface area contributed by atoms with E-state index in [9.17, 15) is 4.79 Å². The number of ether oxygens (including phenoxy) is 1. The van der Waals surface area contributed by atoms with E-state index in [0.29, 0.717) is 12.1 Å². The van der Waals surface area contributed by atoms with Crippen molar-refractivity contribution in [2.24, 2.45) is 0 Å². The highest BCUT2D eigenvalue weighted by Crippen LogP contribution is 2.19. The quantitative estimate of drug-likeness (QED) is 0.826. The predicted molar refractivity (Wildman–Crippen MR) is 84.8 cm³/mol. The lowest BCUT2D eigenvalue weighted by molar-refractivity contribution is 0.0950. The number of benzene rings is 2. The van der Waals surface area contributed by atoms with Crippen LogP contribution in [0.25, 0.3) is 0 Å². The van der Waals surface area contributed by atoms with Gasteiger partial charge in [0.2, 0.25) is 0 Å². The van der Waals surface area contributed by atoms with Crippen molar-refractivity contribution in [1.82, 2.24) is 5.32 Å². The molecule has 110 valence electrons. The van der Waals surface area contributed by atoms with Crippen molar-refractivity contribution < 1.29 is 9.53 Å². The molecule has 0 amide bonds. The topological polar surface area (TPSA) is 38.3 Å². The molecule has 1 N–H and O–H groups in total. The van der Waals surface area contributed by atoms with E-state index >= 15 is 0 Å². The summed E-state index contributed by atoms with van der Waals surface area (Å²) < 4.78 is 5.22. The minimum atomic E-state index is -0.224. The summed E-state index contributed by atoms with van der Waals surface area (Å²) in [7, 11) is 1.63. The first kappa shape index (κ1) is 15.3. The van der Waals surface area contributed by atoms with Gasteiger partial charge in [0.25, 0.3) is 0 Å². The smallest absolute Gasteiger partial charge is 0.179 e. The Morgan fingerprint density at radius 3 is 2.52 bits per heavy atom. The number of aryl methyl sites for hydroxylation is 1. The van der Waals surface area contributed by atoms with Crippen LogP contribution in [0.5, 0.6) is 5.75 Å². The maximum absolute atomic E-state index is 12.4. The zero-order valence-electron chi connectivity index (χ0n) is 12.7. The number of nitrogens with one attached hydrogen (secondary N) is 1. The summed E-state index contributed by atoms with van der Waals surface area (Å²) in [5.41, 5.74) is 2.85. The van der Waals surface area contributed by atoms with Crippen molar-refractivity contribution in [2.45, 2.75) is 26.4 Å². The average molecular weight is 283 g/mol. The van der Waals surface area contributed by atoms with Gasteiger partial charge in [-0.2, -0.15) is 0 Å². The van der Waals surface area contributed by atoms with E-state index in [2.05, 4.69) is 5.32 Å². The van der Waals surface area contributed by atoms with Crippen LogP contribution >= 0.6 is 0 Å². The van der Waals surface area contributed by atoms with Gasteiger partial charge in [0.05, 0.1) is 13.2 Å². The monoisotopic (exact) mass is 283 g/mol. The Balaban J connectivity index is 2.00. The van der Waals surface area contributed by atoms with Crippen LogP contribution in [-0.4, -0.2) is 18.9 Å². The minimum Gasteiger partial charge on any atom is -0.496 e. The number of methoxy groups -OCH3 is 1. The highest BCUT2D eigenvalue weighted by molar-refractivity contribution is 6.00. The van der Waals surface area contributed by atoms with Crippen LogP contribution in [0.2, 0.25) is 0 Å². The summed E-state index contributed by atoms with van der Waals surface area (Å²) in [5, 5.41) is 3.26. The molecule has 0 aliphatic heterocycles. The van der Waals surface area contributed by atoms with Gasteiger partial charge in [-0.15, -0.1) is 0 Å². The van der Waals surface area contributed by atoms with Crippen molar-refractivity contribution in [3.05, 3.63) is 65.2 Å². The lowest BCUT2D eigenvalue weighted by Gasteiger charge is -2.14. The zero-order chi connectivity index (χ0) is 15.2. The van der Waals surface area contributed by atoms with Crippen LogP contribution in [0.3, 0.4) is 0 Å². The summed E-state index contributed by atoms with van der Waals surface area (Å²) in [6, 6.07) is 15.4. The third kappa shape index (κ3) is 3.92. The number of hydrogen-bond acceptors (Lipinski definition) is 3. The van der Waals surface area contributed by atoms with Gasteiger partial charge in [-0.25, -0.2) is 0 Å². The van der Waals surface area contributed by atoms with Gasteiger partial charge < -0.3 is 10.1 Å². The molecule has 2 aromatic rings. The fraction of sp³-hybridized carbons (Fsp3) is 0.278. The van der Waals surface area contributed by atoms with E-state index in [-0.39, 0.29) is 11.8 Å². The standard InChI is InChI=1S/C18H21NO2/c1-13-11-16(9-10-17(13)21-3)18(20)14(2)19-12-15-7-5-4-6-8-15/h4-11,14,19H,12H2,1-3H3. The molecule has 0 heterocycles. The maximum atomic E-state index is 12.4. The number of rotatable bonds is 6. The van der Waals surface area contributed by atoms with Crippen LogP contribution in [0.1, 0.15) is 28.4 Å². The van der Waals surface area contributed by atoms with Gasteiger partial charge in [0.1, 0.15) is 5.75 Å². The van der Waals surface area contributed by atoms with E-state index < -0.39 is 0 Å². The Labute approximate surface area is 126 Å².